The van der Waals surface area contributed by atoms with E-state index in [9.17, 15) is 14.4 Å². The van der Waals surface area contributed by atoms with Gasteiger partial charge in [-0.15, -0.1) is 0 Å². The lowest BCUT2D eigenvalue weighted by Gasteiger charge is -2.05. The molecule has 0 saturated carbocycles. The number of imide groups is 3. The largest absolute Gasteiger partial charge is 0.497 e. The minimum absolute atomic E-state index is 0.241. The summed E-state index contributed by atoms with van der Waals surface area (Å²) in [6.07, 6.45) is 1.58. The molecule has 1 aliphatic heterocycles. The Morgan fingerprint density at radius 3 is 2.09 bits per heavy atom. The fourth-order valence-electron chi connectivity index (χ4n) is 1.59. The van der Waals surface area contributed by atoms with Gasteiger partial charge >= 0.3 is 0 Å². The van der Waals surface area contributed by atoms with Gasteiger partial charge in [-0.25, -0.2) is 4.90 Å². The Bertz CT molecular complexity index is 661. The number of carbonyl (C=O) groups excluding carboxylic acids is 3. The molecule has 0 bridgehead atoms. The van der Waals surface area contributed by atoms with E-state index in [-0.39, 0.29) is 4.91 Å². The minimum atomic E-state index is -0.833. The van der Waals surface area contributed by atoms with E-state index < -0.39 is 23.0 Å². The van der Waals surface area contributed by atoms with E-state index in [2.05, 4.69) is 0 Å². The van der Waals surface area contributed by atoms with E-state index in [0.29, 0.717) is 10.6 Å². The lowest BCUT2D eigenvalue weighted by molar-refractivity contribution is -0.136. The summed E-state index contributed by atoms with van der Waals surface area (Å²) in [5, 5.41) is 6.86. The van der Waals surface area contributed by atoms with Gasteiger partial charge in [0.05, 0.1) is 12.0 Å². The molecule has 2 rings (SSSR count). The molecular formula is C15H15NO6S. The second-order valence-corrected chi connectivity index (χ2v) is 5.32. The molecule has 1 heterocycles. The molecule has 1 saturated heterocycles. The van der Waals surface area contributed by atoms with Gasteiger partial charge in [0.25, 0.3) is 17.1 Å². The van der Waals surface area contributed by atoms with Crippen LogP contribution < -0.4 is 4.74 Å². The molecular weight excluding hydrogens is 322 g/mol. The number of benzene rings is 1. The zero-order chi connectivity index (χ0) is 17.6. The molecule has 8 heteroatoms. The lowest BCUT2D eigenvalue weighted by Crippen LogP contribution is -2.32. The molecule has 1 fully saturated rings. The van der Waals surface area contributed by atoms with Crippen molar-refractivity contribution in [1.82, 2.24) is 4.90 Å². The zero-order valence-corrected chi connectivity index (χ0v) is 13.5. The molecule has 3 amide bonds. The number of hydrogen-bond acceptors (Lipinski definition) is 6. The monoisotopic (exact) mass is 337 g/mol. The van der Waals surface area contributed by atoms with Crippen LogP contribution in [0.25, 0.3) is 6.08 Å². The van der Waals surface area contributed by atoms with Gasteiger partial charge in [-0.1, -0.05) is 12.1 Å². The third-order valence-corrected chi connectivity index (χ3v) is 3.39. The maximum atomic E-state index is 11.9. The fourth-order valence-corrected chi connectivity index (χ4v) is 2.46. The number of carboxylic acids is 1. The normalized spacial score (nSPS) is 15.3. The lowest BCUT2D eigenvalue weighted by atomic mass is 10.2. The first-order valence-electron chi connectivity index (χ1n) is 6.38. The molecule has 1 aliphatic rings. The van der Waals surface area contributed by atoms with Crippen molar-refractivity contribution in [3.63, 3.8) is 0 Å². The smallest absolute Gasteiger partial charge is 0.300 e. The Balaban J connectivity index is 0.000000593. The summed E-state index contributed by atoms with van der Waals surface area (Å²) < 4.78 is 5.03. The van der Waals surface area contributed by atoms with Gasteiger partial charge < -0.3 is 9.84 Å². The van der Waals surface area contributed by atoms with Crippen molar-refractivity contribution in [2.24, 2.45) is 0 Å². The highest BCUT2D eigenvalue weighted by Gasteiger charge is 2.37. The number of nitrogens with zero attached hydrogens (tertiary/aromatic N) is 1. The highest BCUT2D eigenvalue weighted by molar-refractivity contribution is 8.18. The standard InChI is InChI=1S/C13H11NO4S.C2H4O2/c1-8(15)14-12(16)11(19-13(14)17)7-9-3-5-10(18-2)6-4-9;1-2(3)4/h3-7H,1-2H3;1H3,(H,3,4)/b11-7-;. The molecule has 1 aromatic carbocycles. The van der Waals surface area contributed by atoms with Crippen LogP contribution in [0.3, 0.4) is 0 Å². The van der Waals surface area contributed by atoms with E-state index >= 15 is 0 Å². The third-order valence-electron chi connectivity index (χ3n) is 2.52. The van der Waals surface area contributed by atoms with E-state index in [1.807, 2.05) is 0 Å². The highest BCUT2D eigenvalue weighted by atomic mass is 32.2. The molecule has 23 heavy (non-hydrogen) atoms. The summed E-state index contributed by atoms with van der Waals surface area (Å²) in [5.74, 6) is -1.27. The highest BCUT2D eigenvalue weighted by Crippen LogP contribution is 2.32. The van der Waals surface area contributed by atoms with Crippen LogP contribution in [-0.2, 0) is 14.4 Å². The van der Waals surface area contributed by atoms with Gasteiger partial charge in [-0.2, -0.15) is 0 Å². The quantitative estimate of drug-likeness (QED) is 0.827. The van der Waals surface area contributed by atoms with Gasteiger partial charge in [0.15, 0.2) is 0 Å². The molecule has 0 aliphatic carbocycles. The first kappa shape index (κ1) is 18.4. The molecule has 1 N–H and O–H groups in total. The van der Waals surface area contributed by atoms with Gasteiger partial charge in [0, 0.05) is 13.8 Å². The molecule has 122 valence electrons. The van der Waals surface area contributed by atoms with Crippen LogP contribution in [0, 0.1) is 0 Å². The van der Waals surface area contributed by atoms with Crippen molar-refractivity contribution in [1.29, 1.82) is 0 Å². The molecule has 0 spiro atoms. The Morgan fingerprint density at radius 1 is 1.17 bits per heavy atom. The van der Waals surface area contributed by atoms with E-state index in [0.717, 1.165) is 24.2 Å². The number of carboxylic acid groups (broad SMARTS) is 1. The van der Waals surface area contributed by atoms with Crippen molar-refractivity contribution < 1.29 is 29.0 Å². The summed E-state index contributed by atoms with van der Waals surface area (Å²) in [5.41, 5.74) is 0.759. The first-order chi connectivity index (χ1) is 10.8. The first-order valence-corrected chi connectivity index (χ1v) is 7.20. The number of thioether (sulfide) groups is 1. The van der Waals surface area contributed by atoms with E-state index in [1.165, 1.54) is 6.92 Å². The van der Waals surface area contributed by atoms with Crippen LogP contribution in [-0.4, -0.2) is 40.1 Å². The summed E-state index contributed by atoms with van der Waals surface area (Å²) in [7, 11) is 1.56. The molecule has 0 radical (unpaired) electrons. The van der Waals surface area contributed by atoms with Gasteiger partial charge in [-0.3, -0.25) is 19.2 Å². The number of ether oxygens (including phenoxy) is 1. The van der Waals surface area contributed by atoms with Crippen LogP contribution >= 0.6 is 11.8 Å². The number of carbonyl (C=O) groups is 4. The van der Waals surface area contributed by atoms with Crippen LogP contribution in [0.15, 0.2) is 29.2 Å². The topological polar surface area (TPSA) is 101 Å². The van der Waals surface area contributed by atoms with Crippen molar-refractivity contribution in [3.8, 4) is 5.75 Å². The second-order valence-electron chi connectivity index (χ2n) is 4.33. The predicted molar refractivity (Wildman–Crippen MR) is 84.8 cm³/mol. The number of hydrogen-bond donors (Lipinski definition) is 1. The second kappa shape index (κ2) is 8.14. The molecule has 0 atom stereocenters. The zero-order valence-electron chi connectivity index (χ0n) is 12.7. The van der Waals surface area contributed by atoms with Gasteiger partial charge in [0.2, 0.25) is 5.91 Å². The summed E-state index contributed by atoms with van der Waals surface area (Å²) in [6, 6.07) is 7.03. The van der Waals surface area contributed by atoms with Crippen molar-refractivity contribution >= 4 is 40.9 Å². The third kappa shape index (κ3) is 5.26. The van der Waals surface area contributed by atoms with Gasteiger partial charge in [0.1, 0.15) is 5.75 Å². The van der Waals surface area contributed by atoms with Crippen LogP contribution in [0.2, 0.25) is 0 Å². The number of rotatable bonds is 2. The van der Waals surface area contributed by atoms with Crippen molar-refractivity contribution in [2.45, 2.75) is 13.8 Å². The summed E-state index contributed by atoms with van der Waals surface area (Å²) >= 11 is 0.761. The van der Waals surface area contributed by atoms with Crippen LogP contribution in [0.4, 0.5) is 4.79 Å². The number of methoxy groups -OCH3 is 1. The predicted octanol–water partition coefficient (Wildman–Crippen LogP) is 2.37. The van der Waals surface area contributed by atoms with Crippen molar-refractivity contribution in [2.75, 3.05) is 7.11 Å². The fraction of sp³-hybridized carbons (Fsp3) is 0.200. The SMILES string of the molecule is CC(=O)O.COc1ccc(/C=C2\SC(=O)N(C(C)=O)C2=O)cc1. The minimum Gasteiger partial charge on any atom is -0.497 e. The molecule has 0 unspecified atom stereocenters. The van der Waals surface area contributed by atoms with E-state index in [1.54, 1.807) is 37.5 Å². The molecule has 7 nitrogen and oxygen atoms in total. The van der Waals surface area contributed by atoms with Gasteiger partial charge in [-0.05, 0) is 35.5 Å². The Kier molecular flexibility index (Phi) is 6.52. The molecule has 0 aromatic heterocycles. The Morgan fingerprint density at radius 2 is 1.70 bits per heavy atom. The average molecular weight is 337 g/mol. The summed E-state index contributed by atoms with van der Waals surface area (Å²) in [6.45, 7) is 2.27. The summed E-state index contributed by atoms with van der Waals surface area (Å²) in [4.78, 5) is 44.4. The van der Waals surface area contributed by atoms with Crippen LogP contribution in [0.1, 0.15) is 19.4 Å². The maximum absolute atomic E-state index is 11.9. The van der Waals surface area contributed by atoms with E-state index in [4.69, 9.17) is 14.6 Å². The molecule has 1 aromatic rings. The maximum Gasteiger partial charge on any atom is 0.300 e. The average Bonchev–Trinajstić information content (AvgIpc) is 2.73. The van der Waals surface area contributed by atoms with Crippen LogP contribution in [0.5, 0.6) is 5.75 Å². The number of amides is 3. The Hall–Kier alpha value is -2.61. The Labute approximate surface area is 136 Å². The number of aliphatic carboxylic acids is 1. The van der Waals surface area contributed by atoms with Crippen molar-refractivity contribution in [3.05, 3.63) is 34.7 Å².